The Balaban J connectivity index is 2.18. The lowest BCUT2D eigenvalue weighted by molar-refractivity contribution is 0.102. The SMILES string of the molecule is CCCCNS(=O)(=O)c1ccc(NC(=O)c2ccc(Cl)cc2Cl)c(F)c1. The molecule has 0 saturated carbocycles. The van der Waals surface area contributed by atoms with Gasteiger partial charge in [-0.25, -0.2) is 17.5 Å². The summed E-state index contributed by atoms with van der Waals surface area (Å²) in [7, 11) is -3.80. The minimum atomic E-state index is -3.80. The van der Waals surface area contributed by atoms with E-state index in [2.05, 4.69) is 10.0 Å². The van der Waals surface area contributed by atoms with Crippen molar-refractivity contribution in [2.24, 2.45) is 0 Å². The Morgan fingerprint density at radius 1 is 1.15 bits per heavy atom. The summed E-state index contributed by atoms with van der Waals surface area (Å²) in [5, 5.41) is 2.84. The highest BCUT2D eigenvalue weighted by atomic mass is 35.5. The third kappa shape index (κ3) is 5.17. The molecule has 0 atom stereocenters. The lowest BCUT2D eigenvalue weighted by Gasteiger charge is -2.10. The summed E-state index contributed by atoms with van der Waals surface area (Å²) < 4.78 is 40.8. The molecule has 0 fully saturated rings. The van der Waals surface area contributed by atoms with Crippen LogP contribution in [0.2, 0.25) is 10.0 Å². The molecule has 0 unspecified atom stereocenters. The lowest BCUT2D eigenvalue weighted by Crippen LogP contribution is -2.25. The Hall–Kier alpha value is -1.67. The van der Waals surface area contributed by atoms with Gasteiger partial charge in [0.1, 0.15) is 5.82 Å². The molecule has 9 heteroatoms. The van der Waals surface area contributed by atoms with Crippen LogP contribution in [0, 0.1) is 5.82 Å². The number of halogens is 3. The van der Waals surface area contributed by atoms with Crippen LogP contribution in [-0.4, -0.2) is 20.9 Å². The van der Waals surface area contributed by atoms with E-state index in [1.807, 2.05) is 6.92 Å². The van der Waals surface area contributed by atoms with Crippen LogP contribution in [0.1, 0.15) is 30.1 Å². The molecule has 0 aliphatic heterocycles. The number of hydrogen-bond acceptors (Lipinski definition) is 3. The summed E-state index contributed by atoms with van der Waals surface area (Å²) in [5.74, 6) is -1.51. The number of benzene rings is 2. The van der Waals surface area contributed by atoms with Gasteiger partial charge in [0.2, 0.25) is 10.0 Å². The molecule has 0 saturated heterocycles. The van der Waals surface area contributed by atoms with E-state index in [4.69, 9.17) is 23.2 Å². The van der Waals surface area contributed by atoms with Gasteiger partial charge in [-0.1, -0.05) is 36.5 Å². The molecule has 0 aliphatic rings. The monoisotopic (exact) mass is 418 g/mol. The molecule has 1 amide bonds. The second kappa shape index (κ2) is 8.81. The quantitative estimate of drug-likeness (QED) is 0.651. The molecular formula is C17H17Cl2FN2O3S. The van der Waals surface area contributed by atoms with Crippen LogP contribution in [0.5, 0.6) is 0 Å². The number of unbranched alkanes of at least 4 members (excludes halogenated alkanes) is 1. The first kappa shape index (κ1) is 20.6. The van der Waals surface area contributed by atoms with Gasteiger partial charge in [0.05, 0.1) is 21.2 Å². The van der Waals surface area contributed by atoms with E-state index < -0.39 is 21.7 Å². The van der Waals surface area contributed by atoms with Gasteiger partial charge in [-0.15, -0.1) is 0 Å². The molecule has 0 heterocycles. The van der Waals surface area contributed by atoms with Gasteiger partial charge in [0.25, 0.3) is 5.91 Å². The van der Waals surface area contributed by atoms with Crippen molar-refractivity contribution in [2.75, 3.05) is 11.9 Å². The Kier molecular flexibility index (Phi) is 7.00. The molecule has 0 aliphatic carbocycles. The van der Waals surface area contributed by atoms with Crippen molar-refractivity contribution >= 4 is 44.8 Å². The predicted molar refractivity (Wildman–Crippen MR) is 101 cm³/mol. The number of carbonyl (C=O) groups is 1. The molecule has 2 rings (SSSR count). The van der Waals surface area contributed by atoms with Crippen molar-refractivity contribution in [3.8, 4) is 0 Å². The van der Waals surface area contributed by atoms with Crippen molar-refractivity contribution in [2.45, 2.75) is 24.7 Å². The van der Waals surface area contributed by atoms with Crippen molar-refractivity contribution in [1.29, 1.82) is 0 Å². The number of carbonyl (C=O) groups excluding carboxylic acids is 1. The van der Waals surface area contributed by atoms with Crippen molar-refractivity contribution < 1.29 is 17.6 Å². The molecule has 2 aromatic carbocycles. The van der Waals surface area contributed by atoms with Gasteiger partial charge >= 0.3 is 0 Å². The summed E-state index contributed by atoms with van der Waals surface area (Å²) >= 11 is 11.7. The highest BCUT2D eigenvalue weighted by Crippen LogP contribution is 2.24. The zero-order valence-electron chi connectivity index (χ0n) is 13.9. The van der Waals surface area contributed by atoms with Crippen molar-refractivity contribution in [3.63, 3.8) is 0 Å². The smallest absolute Gasteiger partial charge is 0.257 e. The maximum absolute atomic E-state index is 14.2. The van der Waals surface area contributed by atoms with Gasteiger partial charge in [0.15, 0.2) is 0 Å². The largest absolute Gasteiger partial charge is 0.319 e. The number of anilines is 1. The van der Waals surface area contributed by atoms with Crippen LogP contribution >= 0.6 is 23.2 Å². The molecule has 26 heavy (non-hydrogen) atoms. The Morgan fingerprint density at radius 3 is 2.50 bits per heavy atom. The number of nitrogens with one attached hydrogen (secondary N) is 2. The van der Waals surface area contributed by atoms with Crippen molar-refractivity contribution in [3.05, 3.63) is 57.8 Å². The number of amides is 1. The van der Waals surface area contributed by atoms with E-state index >= 15 is 0 Å². The third-order valence-corrected chi connectivity index (χ3v) is 5.50. The highest BCUT2D eigenvalue weighted by Gasteiger charge is 2.18. The fourth-order valence-electron chi connectivity index (χ4n) is 2.09. The first-order valence-corrected chi connectivity index (χ1v) is 10.0. The van der Waals surface area contributed by atoms with E-state index in [0.29, 0.717) is 11.4 Å². The summed E-state index contributed by atoms with van der Waals surface area (Å²) in [6, 6.07) is 7.55. The Morgan fingerprint density at radius 2 is 1.88 bits per heavy atom. The van der Waals surface area contributed by atoms with Crippen LogP contribution in [0.25, 0.3) is 0 Å². The zero-order chi connectivity index (χ0) is 19.3. The average Bonchev–Trinajstić information content (AvgIpc) is 2.56. The highest BCUT2D eigenvalue weighted by molar-refractivity contribution is 7.89. The van der Waals surface area contributed by atoms with Crippen LogP contribution in [0.3, 0.4) is 0 Å². The summed E-state index contributed by atoms with van der Waals surface area (Å²) in [6.45, 7) is 2.20. The van der Waals surface area contributed by atoms with E-state index in [-0.39, 0.29) is 27.7 Å². The van der Waals surface area contributed by atoms with E-state index in [1.165, 1.54) is 30.3 Å². The molecule has 0 radical (unpaired) electrons. The van der Waals surface area contributed by atoms with E-state index in [1.54, 1.807) is 0 Å². The number of rotatable bonds is 7. The van der Waals surface area contributed by atoms with Crippen LogP contribution in [0.15, 0.2) is 41.3 Å². The van der Waals surface area contributed by atoms with Crippen molar-refractivity contribution in [1.82, 2.24) is 4.72 Å². The van der Waals surface area contributed by atoms with E-state index in [9.17, 15) is 17.6 Å². The van der Waals surface area contributed by atoms with Gasteiger partial charge in [-0.3, -0.25) is 4.79 Å². The van der Waals surface area contributed by atoms with Gasteiger partial charge in [0, 0.05) is 11.6 Å². The molecule has 5 nitrogen and oxygen atoms in total. The fourth-order valence-corrected chi connectivity index (χ4v) is 3.67. The number of sulfonamides is 1. The predicted octanol–water partition coefficient (Wildman–Crippen LogP) is 4.46. The molecule has 2 N–H and O–H groups in total. The Labute approximate surface area is 161 Å². The first-order chi connectivity index (χ1) is 12.2. The maximum Gasteiger partial charge on any atom is 0.257 e. The topological polar surface area (TPSA) is 75.3 Å². The molecule has 0 spiro atoms. The molecular weight excluding hydrogens is 402 g/mol. The fraction of sp³-hybridized carbons (Fsp3) is 0.235. The molecule has 140 valence electrons. The second-order valence-corrected chi connectivity index (χ2v) is 8.08. The summed E-state index contributed by atoms with van der Waals surface area (Å²) in [4.78, 5) is 12.0. The average molecular weight is 419 g/mol. The minimum absolute atomic E-state index is 0.119. The maximum atomic E-state index is 14.2. The summed E-state index contributed by atoms with van der Waals surface area (Å²) in [5.41, 5.74) is -0.0399. The number of hydrogen-bond donors (Lipinski definition) is 2. The first-order valence-electron chi connectivity index (χ1n) is 7.80. The molecule has 0 aromatic heterocycles. The van der Waals surface area contributed by atoms with Gasteiger partial charge in [-0.05, 0) is 42.8 Å². The van der Waals surface area contributed by atoms with Crippen LogP contribution in [0.4, 0.5) is 10.1 Å². The Bertz CT molecular complexity index is 920. The second-order valence-electron chi connectivity index (χ2n) is 5.47. The summed E-state index contributed by atoms with van der Waals surface area (Å²) in [6.07, 6.45) is 1.51. The van der Waals surface area contributed by atoms with Gasteiger partial charge in [-0.2, -0.15) is 0 Å². The lowest BCUT2D eigenvalue weighted by atomic mass is 10.2. The molecule has 0 bridgehead atoms. The van der Waals surface area contributed by atoms with Crippen LogP contribution in [-0.2, 0) is 10.0 Å². The van der Waals surface area contributed by atoms with Crippen LogP contribution < -0.4 is 10.0 Å². The standard InChI is InChI=1S/C17H17Cl2FN2O3S/c1-2-3-8-21-26(24,25)12-5-7-16(15(20)10-12)22-17(23)13-6-4-11(18)9-14(13)19/h4-7,9-10,21H,2-3,8H2,1H3,(H,22,23). The zero-order valence-corrected chi connectivity index (χ0v) is 16.2. The minimum Gasteiger partial charge on any atom is -0.319 e. The van der Waals surface area contributed by atoms with Gasteiger partial charge < -0.3 is 5.32 Å². The normalized spacial score (nSPS) is 11.4. The molecule has 2 aromatic rings. The third-order valence-electron chi connectivity index (χ3n) is 3.50. The van der Waals surface area contributed by atoms with E-state index in [0.717, 1.165) is 12.5 Å².